The minimum atomic E-state index is -0.467. The van der Waals surface area contributed by atoms with Gasteiger partial charge in [0, 0.05) is 38.1 Å². The number of carbonyl (C=O) groups is 1. The highest BCUT2D eigenvalue weighted by atomic mass is 16.6. The van der Waals surface area contributed by atoms with Gasteiger partial charge in [-0.1, -0.05) is 13.8 Å². The summed E-state index contributed by atoms with van der Waals surface area (Å²) in [7, 11) is 1.78. The lowest BCUT2D eigenvalue weighted by Gasteiger charge is -2.31. The Kier molecular flexibility index (Phi) is 8.34. The fourth-order valence-electron chi connectivity index (χ4n) is 3.47. The van der Waals surface area contributed by atoms with Crippen LogP contribution < -0.4 is 16.0 Å². The van der Waals surface area contributed by atoms with Crippen LogP contribution >= 0.6 is 0 Å². The number of rotatable bonds is 6. The van der Waals surface area contributed by atoms with E-state index in [9.17, 15) is 4.79 Å². The van der Waals surface area contributed by atoms with Crippen molar-refractivity contribution in [1.29, 1.82) is 0 Å². The number of nitrogens with zero attached hydrogens (tertiary/aromatic N) is 3. The van der Waals surface area contributed by atoms with Gasteiger partial charge in [-0.3, -0.25) is 4.99 Å². The van der Waals surface area contributed by atoms with Crippen molar-refractivity contribution in [2.24, 2.45) is 10.9 Å². The number of ether oxygens (including phenoxy) is 1. The lowest BCUT2D eigenvalue weighted by Crippen LogP contribution is -2.48. The minimum absolute atomic E-state index is 0.168. The summed E-state index contributed by atoms with van der Waals surface area (Å²) in [6, 6.07) is 0.509. The quantitative estimate of drug-likeness (QED) is 0.499. The van der Waals surface area contributed by atoms with Crippen LogP contribution in [0.4, 0.5) is 4.79 Å². The molecule has 1 aliphatic rings. The summed E-state index contributed by atoms with van der Waals surface area (Å²) in [6.45, 7) is 11.6. The summed E-state index contributed by atoms with van der Waals surface area (Å²) >= 11 is 0. The Morgan fingerprint density at radius 1 is 1.24 bits per heavy atom. The van der Waals surface area contributed by atoms with Crippen molar-refractivity contribution >= 4 is 12.1 Å². The van der Waals surface area contributed by atoms with E-state index in [0.29, 0.717) is 18.5 Å². The van der Waals surface area contributed by atoms with Gasteiger partial charge in [0.2, 0.25) is 0 Å². The van der Waals surface area contributed by atoms with Crippen molar-refractivity contribution in [3.8, 4) is 0 Å². The van der Waals surface area contributed by atoms with Crippen LogP contribution in [0.25, 0.3) is 0 Å². The van der Waals surface area contributed by atoms with Gasteiger partial charge in [0.05, 0.1) is 6.54 Å². The Morgan fingerprint density at radius 3 is 2.41 bits per heavy atom. The molecular weight excluding hydrogens is 368 g/mol. The van der Waals surface area contributed by atoms with E-state index in [2.05, 4.69) is 44.3 Å². The number of nitrogens with one attached hydrogen (secondary N) is 3. The number of aliphatic imine (C=N–C) groups is 1. The first-order chi connectivity index (χ1) is 13.7. The van der Waals surface area contributed by atoms with Gasteiger partial charge in [-0.2, -0.15) is 0 Å². The van der Waals surface area contributed by atoms with Crippen LogP contribution in [0.3, 0.4) is 0 Å². The SMILES string of the molecule is CN=C(NCc1nccn1CC(C)C)NC1CCC(NC(=O)OC(C)(C)C)CC1. The number of hydrogen-bond donors (Lipinski definition) is 3. The maximum absolute atomic E-state index is 11.9. The maximum atomic E-state index is 11.9. The van der Waals surface area contributed by atoms with Gasteiger partial charge in [0.25, 0.3) is 0 Å². The van der Waals surface area contributed by atoms with Gasteiger partial charge in [-0.15, -0.1) is 0 Å². The molecule has 0 saturated heterocycles. The molecule has 1 amide bonds. The van der Waals surface area contributed by atoms with E-state index in [1.807, 2.05) is 33.2 Å². The van der Waals surface area contributed by atoms with E-state index in [1.54, 1.807) is 7.05 Å². The molecule has 2 rings (SSSR count). The van der Waals surface area contributed by atoms with E-state index >= 15 is 0 Å². The molecule has 8 heteroatoms. The van der Waals surface area contributed by atoms with Crippen LogP contribution in [-0.2, 0) is 17.8 Å². The first-order valence-corrected chi connectivity index (χ1v) is 10.6. The number of amides is 1. The first-order valence-electron chi connectivity index (χ1n) is 10.6. The fourth-order valence-corrected chi connectivity index (χ4v) is 3.47. The summed E-state index contributed by atoms with van der Waals surface area (Å²) in [5, 5.41) is 9.85. The summed E-state index contributed by atoms with van der Waals surface area (Å²) in [5.41, 5.74) is -0.467. The standard InChI is InChI=1S/C21H38N6O2/c1-15(2)14-27-12-11-23-18(27)13-24-19(22-6)25-16-7-9-17(10-8-16)26-20(28)29-21(3,4)5/h11-12,15-17H,7-10,13-14H2,1-6H3,(H,26,28)(H2,22,24,25). The largest absolute Gasteiger partial charge is 0.444 e. The van der Waals surface area contributed by atoms with Crippen LogP contribution in [0, 0.1) is 5.92 Å². The molecule has 0 radical (unpaired) electrons. The van der Waals surface area contributed by atoms with Crippen molar-refractivity contribution < 1.29 is 9.53 Å². The highest BCUT2D eigenvalue weighted by molar-refractivity contribution is 5.79. The number of guanidine groups is 1. The molecule has 0 aliphatic heterocycles. The molecule has 0 aromatic carbocycles. The normalized spacial score (nSPS) is 20.4. The molecule has 0 spiro atoms. The van der Waals surface area contributed by atoms with Crippen molar-refractivity contribution in [3.63, 3.8) is 0 Å². The average Bonchev–Trinajstić information content (AvgIpc) is 3.04. The molecule has 1 aromatic heterocycles. The van der Waals surface area contributed by atoms with Crippen molar-refractivity contribution in [2.45, 2.75) is 91.1 Å². The Labute approximate surface area is 174 Å². The second-order valence-electron chi connectivity index (χ2n) is 9.15. The Bertz CT molecular complexity index is 669. The average molecular weight is 407 g/mol. The highest BCUT2D eigenvalue weighted by Gasteiger charge is 2.25. The third-order valence-electron chi connectivity index (χ3n) is 4.79. The minimum Gasteiger partial charge on any atom is -0.444 e. The molecule has 0 unspecified atom stereocenters. The third kappa shape index (κ3) is 8.33. The summed E-state index contributed by atoms with van der Waals surface area (Å²) in [5.74, 6) is 2.37. The molecule has 0 bridgehead atoms. The smallest absolute Gasteiger partial charge is 0.407 e. The lowest BCUT2D eigenvalue weighted by atomic mass is 9.91. The van der Waals surface area contributed by atoms with E-state index < -0.39 is 5.60 Å². The zero-order chi connectivity index (χ0) is 21.4. The Balaban J connectivity index is 1.74. The number of alkyl carbamates (subject to hydrolysis) is 1. The molecule has 0 atom stereocenters. The fraction of sp³-hybridized carbons (Fsp3) is 0.762. The van der Waals surface area contributed by atoms with Crippen LogP contribution in [-0.4, -0.2) is 46.3 Å². The van der Waals surface area contributed by atoms with Crippen LogP contribution in [0.5, 0.6) is 0 Å². The van der Waals surface area contributed by atoms with Gasteiger partial charge in [-0.05, 0) is 52.4 Å². The molecule has 3 N–H and O–H groups in total. The molecule has 164 valence electrons. The van der Waals surface area contributed by atoms with Crippen molar-refractivity contribution in [1.82, 2.24) is 25.5 Å². The van der Waals surface area contributed by atoms with Gasteiger partial charge in [-0.25, -0.2) is 9.78 Å². The Hall–Kier alpha value is -2.25. The van der Waals surface area contributed by atoms with E-state index in [1.165, 1.54) is 0 Å². The molecule has 1 heterocycles. The maximum Gasteiger partial charge on any atom is 0.407 e. The van der Waals surface area contributed by atoms with Gasteiger partial charge < -0.3 is 25.3 Å². The molecule has 8 nitrogen and oxygen atoms in total. The van der Waals surface area contributed by atoms with E-state index in [-0.39, 0.29) is 12.1 Å². The summed E-state index contributed by atoms with van der Waals surface area (Å²) in [6.07, 6.45) is 7.33. The second kappa shape index (κ2) is 10.5. The number of carbonyl (C=O) groups excluding carboxylic acids is 1. The zero-order valence-corrected chi connectivity index (χ0v) is 18.8. The van der Waals surface area contributed by atoms with Crippen LogP contribution in [0.15, 0.2) is 17.4 Å². The number of imidazole rings is 1. The number of aromatic nitrogens is 2. The van der Waals surface area contributed by atoms with Gasteiger partial charge >= 0.3 is 6.09 Å². The van der Waals surface area contributed by atoms with Crippen molar-refractivity contribution in [3.05, 3.63) is 18.2 Å². The predicted molar refractivity (Wildman–Crippen MR) is 116 cm³/mol. The lowest BCUT2D eigenvalue weighted by molar-refractivity contribution is 0.0490. The molecule has 1 aromatic rings. The molecule has 1 fully saturated rings. The van der Waals surface area contributed by atoms with Gasteiger partial charge in [0.1, 0.15) is 11.4 Å². The zero-order valence-electron chi connectivity index (χ0n) is 18.8. The van der Waals surface area contributed by atoms with Crippen LogP contribution in [0.1, 0.15) is 66.1 Å². The molecule has 1 aliphatic carbocycles. The molecular formula is C21H38N6O2. The third-order valence-corrected chi connectivity index (χ3v) is 4.79. The molecule has 29 heavy (non-hydrogen) atoms. The molecule has 1 saturated carbocycles. The van der Waals surface area contributed by atoms with E-state index in [4.69, 9.17) is 4.74 Å². The monoisotopic (exact) mass is 406 g/mol. The topological polar surface area (TPSA) is 92.6 Å². The number of hydrogen-bond acceptors (Lipinski definition) is 4. The first kappa shape index (κ1) is 23.0. The van der Waals surface area contributed by atoms with Gasteiger partial charge in [0.15, 0.2) is 5.96 Å². The summed E-state index contributed by atoms with van der Waals surface area (Å²) < 4.78 is 7.53. The van der Waals surface area contributed by atoms with Crippen molar-refractivity contribution in [2.75, 3.05) is 7.05 Å². The highest BCUT2D eigenvalue weighted by Crippen LogP contribution is 2.19. The summed E-state index contributed by atoms with van der Waals surface area (Å²) in [4.78, 5) is 20.7. The second-order valence-corrected chi connectivity index (χ2v) is 9.15. The van der Waals surface area contributed by atoms with Crippen LogP contribution in [0.2, 0.25) is 0 Å². The predicted octanol–water partition coefficient (Wildman–Crippen LogP) is 3.04. The van der Waals surface area contributed by atoms with E-state index in [0.717, 1.165) is 44.0 Å². The Morgan fingerprint density at radius 2 is 1.86 bits per heavy atom.